The van der Waals surface area contributed by atoms with Gasteiger partial charge in [-0.15, -0.1) is 11.3 Å². The molecule has 0 unspecified atom stereocenters. The number of nitrogens with zero attached hydrogens (tertiary/aromatic N) is 1. The van der Waals surface area contributed by atoms with Crippen LogP contribution in [0.3, 0.4) is 0 Å². The molecule has 0 spiro atoms. The Morgan fingerprint density at radius 1 is 1.04 bits per heavy atom. The maximum absolute atomic E-state index is 13.1. The average Bonchev–Trinajstić information content (AvgIpc) is 3.29. The lowest BCUT2D eigenvalue weighted by Gasteiger charge is -2.04. The molecule has 2 nitrogen and oxygen atoms in total. The van der Waals surface area contributed by atoms with Crippen LogP contribution in [0.25, 0.3) is 22.1 Å². The molecule has 0 amide bonds. The number of thiophene rings is 1. The summed E-state index contributed by atoms with van der Waals surface area (Å²) in [6, 6.07) is 22.4. The standard InChI is InChI=1S/C25H19NOS/c1-3-17(15-26)24-20-6-4-5-7-21(20)25(27)22(24)14-19-12-13-23(28-19)18-10-8-16(2)9-11-18/h4-14H,3H2,1-2H3/b22-14-,24-17?. The van der Waals surface area contributed by atoms with Gasteiger partial charge in [0.05, 0.1) is 6.07 Å². The SMILES string of the molecule is CCC(C#N)=C1/C(=C/c2ccc(-c3ccc(C)cc3)s2)C(=O)c2ccccc21. The highest BCUT2D eigenvalue weighted by Crippen LogP contribution is 2.41. The topological polar surface area (TPSA) is 40.9 Å². The number of fused-ring (bicyclic) bond motifs is 1. The van der Waals surface area contributed by atoms with E-state index < -0.39 is 0 Å². The van der Waals surface area contributed by atoms with Crippen LogP contribution in [0.5, 0.6) is 0 Å². The van der Waals surface area contributed by atoms with E-state index >= 15 is 0 Å². The third-order valence-electron chi connectivity index (χ3n) is 4.99. The van der Waals surface area contributed by atoms with Crippen LogP contribution in [0, 0.1) is 18.3 Å². The van der Waals surface area contributed by atoms with E-state index in [-0.39, 0.29) is 5.78 Å². The number of rotatable bonds is 3. The lowest BCUT2D eigenvalue weighted by atomic mass is 9.97. The molecule has 0 saturated carbocycles. The molecule has 1 aliphatic carbocycles. The van der Waals surface area contributed by atoms with Crippen molar-refractivity contribution < 1.29 is 4.79 Å². The second kappa shape index (κ2) is 7.42. The highest BCUT2D eigenvalue weighted by Gasteiger charge is 2.31. The van der Waals surface area contributed by atoms with Gasteiger partial charge in [0, 0.05) is 32.0 Å². The quantitative estimate of drug-likeness (QED) is 0.374. The van der Waals surface area contributed by atoms with E-state index in [4.69, 9.17) is 0 Å². The molecule has 0 atom stereocenters. The number of hydrogen-bond acceptors (Lipinski definition) is 3. The zero-order valence-electron chi connectivity index (χ0n) is 15.8. The molecule has 0 radical (unpaired) electrons. The van der Waals surface area contributed by atoms with Crippen LogP contribution >= 0.6 is 11.3 Å². The number of aryl methyl sites for hydroxylation is 1. The molecule has 1 aromatic heterocycles. The summed E-state index contributed by atoms with van der Waals surface area (Å²) in [6.45, 7) is 4.03. The van der Waals surface area contributed by atoms with Crippen molar-refractivity contribution in [3.8, 4) is 16.5 Å². The van der Waals surface area contributed by atoms with Crippen molar-refractivity contribution in [1.82, 2.24) is 0 Å². The Morgan fingerprint density at radius 2 is 1.75 bits per heavy atom. The van der Waals surface area contributed by atoms with Crippen LogP contribution in [-0.4, -0.2) is 5.78 Å². The van der Waals surface area contributed by atoms with Crippen LogP contribution < -0.4 is 0 Å². The Kier molecular flexibility index (Phi) is 4.81. The lowest BCUT2D eigenvalue weighted by Crippen LogP contribution is -1.95. The van der Waals surface area contributed by atoms with Crippen molar-refractivity contribution in [1.29, 1.82) is 5.26 Å². The first-order valence-electron chi connectivity index (χ1n) is 9.28. The van der Waals surface area contributed by atoms with Crippen LogP contribution in [0.2, 0.25) is 0 Å². The van der Waals surface area contributed by atoms with Crippen molar-refractivity contribution in [2.24, 2.45) is 0 Å². The maximum atomic E-state index is 13.1. The van der Waals surface area contributed by atoms with E-state index in [0.717, 1.165) is 20.9 Å². The van der Waals surface area contributed by atoms with E-state index in [1.807, 2.05) is 43.3 Å². The van der Waals surface area contributed by atoms with E-state index in [1.54, 1.807) is 11.3 Å². The van der Waals surface area contributed by atoms with Gasteiger partial charge >= 0.3 is 0 Å². The van der Waals surface area contributed by atoms with Gasteiger partial charge in [0.25, 0.3) is 0 Å². The Morgan fingerprint density at radius 3 is 2.43 bits per heavy atom. The van der Waals surface area contributed by atoms with Gasteiger partial charge in [0.1, 0.15) is 0 Å². The van der Waals surface area contributed by atoms with Gasteiger partial charge in [-0.2, -0.15) is 5.26 Å². The number of nitriles is 1. The molecule has 1 heterocycles. The summed E-state index contributed by atoms with van der Waals surface area (Å²) in [5.74, 6) is -0.00270. The molecule has 0 saturated heterocycles. The summed E-state index contributed by atoms with van der Waals surface area (Å²) in [6.07, 6.45) is 2.54. The van der Waals surface area contributed by atoms with Crippen LogP contribution in [-0.2, 0) is 0 Å². The van der Waals surface area contributed by atoms with Crippen LogP contribution in [0.4, 0.5) is 0 Å². The Hall–Kier alpha value is -3.22. The number of hydrogen-bond donors (Lipinski definition) is 0. The fourth-order valence-electron chi connectivity index (χ4n) is 3.52. The second-order valence-electron chi connectivity index (χ2n) is 6.82. The summed E-state index contributed by atoms with van der Waals surface area (Å²) >= 11 is 1.65. The van der Waals surface area contributed by atoms with Gasteiger partial charge < -0.3 is 0 Å². The minimum Gasteiger partial charge on any atom is -0.289 e. The minimum absolute atomic E-state index is 0.00270. The Balaban J connectivity index is 1.81. The molecule has 0 N–H and O–H groups in total. The van der Waals surface area contributed by atoms with Gasteiger partial charge in [0.2, 0.25) is 0 Å². The van der Waals surface area contributed by atoms with Crippen molar-refractivity contribution >= 4 is 28.8 Å². The molecule has 1 aliphatic rings. The molecule has 0 bridgehead atoms. The van der Waals surface area contributed by atoms with Crippen LogP contribution in [0.1, 0.15) is 39.7 Å². The normalized spacial score (nSPS) is 16.2. The fraction of sp³-hybridized carbons (Fsp3) is 0.120. The van der Waals surface area contributed by atoms with Gasteiger partial charge in [-0.3, -0.25) is 4.79 Å². The summed E-state index contributed by atoms with van der Waals surface area (Å²) in [5, 5.41) is 9.61. The van der Waals surface area contributed by atoms with Crippen LogP contribution in [0.15, 0.2) is 71.8 Å². The molecular weight excluding hydrogens is 362 g/mol. The van der Waals surface area contributed by atoms with Gasteiger partial charge in [-0.25, -0.2) is 0 Å². The first kappa shape index (κ1) is 18.2. The summed E-state index contributed by atoms with van der Waals surface area (Å²) < 4.78 is 0. The Bertz CT molecular complexity index is 1170. The molecule has 3 heteroatoms. The first-order valence-corrected chi connectivity index (χ1v) is 10.1. The Labute approximate surface area is 169 Å². The van der Waals surface area contributed by atoms with E-state index in [9.17, 15) is 10.1 Å². The van der Waals surface area contributed by atoms with Crippen molar-refractivity contribution in [2.45, 2.75) is 20.3 Å². The third kappa shape index (κ3) is 3.13. The predicted molar refractivity (Wildman–Crippen MR) is 116 cm³/mol. The molecular formula is C25H19NOS. The summed E-state index contributed by atoms with van der Waals surface area (Å²) in [5.41, 5.74) is 6.01. The molecule has 2 aromatic carbocycles. The number of Topliss-reactive ketones (excluding diaryl/α,β-unsaturated/α-hetero) is 1. The maximum Gasteiger partial charge on any atom is 0.194 e. The molecule has 0 aliphatic heterocycles. The number of carbonyl (C=O) groups is 1. The molecule has 136 valence electrons. The smallest absolute Gasteiger partial charge is 0.194 e. The molecule has 28 heavy (non-hydrogen) atoms. The average molecular weight is 382 g/mol. The zero-order valence-corrected chi connectivity index (χ0v) is 16.6. The van der Waals surface area contributed by atoms with Crippen molar-refractivity contribution in [2.75, 3.05) is 0 Å². The molecule has 4 rings (SSSR count). The third-order valence-corrected chi connectivity index (χ3v) is 6.08. The van der Waals surface area contributed by atoms with Crippen molar-refractivity contribution in [3.05, 3.63) is 93.4 Å². The number of allylic oxidation sites excluding steroid dienone is 3. The molecule has 3 aromatic rings. The van der Waals surface area contributed by atoms with E-state index in [0.29, 0.717) is 23.1 Å². The summed E-state index contributed by atoms with van der Waals surface area (Å²) in [7, 11) is 0. The summed E-state index contributed by atoms with van der Waals surface area (Å²) in [4.78, 5) is 15.2. The fourth-order valence-corrected chi connectivity index (χ4v) is 4.48. The highest BCUT2D eigenvalue weighted by molar-refractivity contribution is 7.16. The lowest BCUT2D eigenvalue weighted by molar-refractivity contribution is 0.104. The largest absolute Gasteiger partial charge is 0.289 e. The zero-order chi connectivity index (χ0) is 19.7. The van der Waals surface area contributed by atoms with Crippen molar-refractivity contribution in [3.63, 3.8) is 0 Å². The van der Waals surface area contributed by atoms with Gasteiger partial charge in [0.15, 0.2) is 5.78 Å². The van der Waals surface area contributed by atoms with E-state index in [1.165, 1.54) is 11.1 Å². The van der Waals surface area contributed by atoms with Gasteiger partial charge in [-0.1, -0.05) is 61.0 Å². The second-order valence-corrected chi connectivity index (χ2v) is 7.94. The number of carbonyl (C=O) groups excluding carboxylic acids is 1. The highest BCUT2D eigenvalue weighted by atomic mass is 32.1. The minimum atomic E-state index is -0.00270. The monoisotopic (exact) mass is 381 g/mol. The number of benzene rings is 2. The van der Waals surface area contributed by atoms with E-state index in [2.05, 4.69) is 43.3 Å². The van der Waals surface area contributed by atoms with Gasteiger partial charge in [-0.05, 0) is 42.7 Å². The predicted octanol–water partition coefficient (Wildman–Crippen LogP) is 6.69. The number of ketones is 1. The first-order chi connectivity index (χ1) is 13.6. The molecule has 0 fully saturated rings.